The SMILES string of the molecule is CCCCCOc1ccc([C@H]2C(=C(O)c3ccc4c(c3)C[C@@H](C)O4)C(=O)C(=O)N2CCN(CC)CC)cc1. The van der Waals surface area contributed by atoms with Gasteiger partial charge in [-0.3, -0.25) is 9.59 Å². The van der Waals surface area contributed by atoms with Gasteiger partial charge in [0.2, 0.25) is 0 Å². The fourth-order valence-corrected chi connectivity index (χ4v) is 5.26. The predicted octanol–water partition coefficient (Wildman–Crippen LogP) is 5.34. The average Bonchev–Trinajstić information content (AvgIpc) is 3.42. The van der Waals surface area contributed by atoms with Gasteiger partial charge in [-0.15, -0.1) is 0 Å². The molecular weight excluding hydrogens is 480 g/mol. The number of carbonyl (C=O) groups excluding carboxylic acids is 2. The van der Waals surface area contributed by atoms with E-state index in [-0.39, 0.29) is 17.4 Å². The molecule has 1 saturated heterocycles. The first-order chi connectivity index (χ1) is 18.4. The van der Waals surface area contributed by atoms with Crippen LogP contribution in [-0.2, 0) is 16.0 Å². The van der Waals surface area contributed by atoms with Gasteiger partial charge >= 0.3 is 0 Å². The van der Waals surface area contributed by atoms with Crippen LogP contribution < -0.4 is 9.47 Å². The molecule has 0 saturated carbocycles. The summed E-state index contributed by atoms with van der Waals surface area (Å²) >= 11 is 0. The number of fused-ring (bicyclic) bond motifs is 1. The van der Waals surface area contributed by atoms with E-state index < -0.39 is 17.7 Å². The van der Waals surface area contributed by atoms with Gasteiger partial charge in [-0.1, -0.05) is 45.7 Å². The minimum atomic E-state index is -0.678. The second-order valence-corrected chi connectivity index (χ2v) is 10.1. The Morgan fingerprint density at radius 2 is 1.82 bits per heavy atom. The molecule has 204 valence electrons. The van der Waals surface area contributed by atoms with Crippen LogP contribution in [0.25, 0.3) is 5.76 Å². The van der Waals surface area contributed by atoms with Crippen molar-refractivity contribution in [1.29, 1.82) is 0 Å². The van der Waals surface area contributed by atoms with Crippen molar-refractivity contribution in [1.82, 2.24) is 9.80 Å². The van der Waals surface area contributed by atoms with Crippen LogP contribution in [0.15, 0.2) is 48.0 Å². The number of amides is 1. The van der Waals surface area contributed by atoms with Crippen molar-refractivity contribution in [2.24, 2.45) is 0 Å². The number of aliphatic hydroxyl groups is 1. The summed E-state index contributed by atoms with van der Waals surface area (Å²) in [4.78, 5) is 30.5. The number of hydrogen-bond acceptors (Lipinski definition) is 6. The third-order valence-electron chi connectivity index (χ3n) is 7.47. The van der Waals surface area contributed by atoms with E-state index >= 15 is 0 Å². The Hall–Kier alpha value is -3.32. The Bertz CT molecular complexity index is 1170. The van der Waals surface area contributed by atoms with Gasteiger partial charge in [-0.05, 0) is 67.9 Å². The number of ether oxygens (including phenoxy) is 2. The first-order valence-electron chi connectivity index (χ1n) is 13.9. The molecule has 4 rings (SSSR count). The van der Waals surface area contributed by atoms with E-state index in [0.717, 1.165) is 61.4 Å². The van der Waals surface area contributed by atoms with Crippen LogP contribution in [-0.4, -0.2) is 65.5 Å². The Kier molecular flexibility index (Phi) is 9.10. The number of benzene rings is 2. The standard InChI is InChI=1S/C31H40N2O5/c1-5-8-9-18-37-25-13-10-22(11-14-25)28-27(30(35)31(36)33(28)17-16-32(6-2)7-3)29(34)23-12-15-26-24(20-23)19-21(4)38-26/h10-15,20-21,28,34H,5-9,16-19H2,1-4H3/t21-,28+/m1/s1. The molecule has 38 heavy (non-hydrogen) atoms. The van der Waals surface area contributed by atoms with E-state index in [9.17, 15) is 14.7 Å². The third-order valence-corrected chi connectivity index (χ3v) is 7.47. The molecule has 0 aliphatic carbocycles. The molecule has 2 heterocycles. The summed E-state index contributed by atoms with van der Waals surface area (Å²) < 4.78 is 11.7. The number of hydrogen-bond donors (Lipinski definition) is 1. The number of ketones is 1. The summed E-state index contributed by atoms with van der Waals surface area (Å²) in [5.74, 6) is 0.150. The van der Waals surface area contributed by atoms with Crippen molar-refractivity contribution in [3.8, 4) is 11.5 Å². The minimum Gasteiger partial charge on any atom is -0.507 e. The fourth-order valence-electron chi connectivity index (χ4n) is 5.26. The van der Waals surface area contributed by atoms with Crippen LogP contribution in [0.1, 0.15) is 69.7 Å². The summed E-state index contributed by atoms with van der Waals surface area (Å²) in [5.41, 5.74) is 2.39. The topological polar surface area (TPSA) is 79.3 Å². The zero-order valence-electron chi connectivity index (χ0n) is 23.0. The smallest absolute Gasteiger partial charge is 0.295 e. The lowest BCUT2D eigenvalue weighted by molar-refractivity contribution is -0.140. The molecule has 1 N–H and O–H groups in total. The van der Waals surface area contributed by atoms with Gasteiger partial charge in [-0.25, -0.2) is 0 Å². The van der Waals surface area contributed by atoms with Crippen LogP contribution in [0.4, 0.5) is 0 Å². The van der Waals surface area contributed by atoms with Crippen LogP contribution in [0, 0.1) is 0 Å². The number of nitrogens with zero attached hydrogens (tertiary/aromatic N) is 2. The predicted molar refractivity (Wildman–Crippen MR) is 148 cm³/mol. The van der Waals surface area contributed by atoms with Gasteiger partial charge < -0.3 is 24.4 Å². The summed E-state index contributed by atoms with van der Waals surface area (Å²) in [6.45, 7) is 11.7. The van der Waals surface area contributed by atoms with Crippen LogP contribution in [0.2, 0.25) is 0 Å². The normalized spacial score (nSPS) is 20.2. The van der Waals surface area contributed by atoms with Gasteiger partial charge in [0.05, 0.1) is 18.2 Å². The zero-order valence-corrected chi connectivity index (χ0v) is 23.0. The number of unbranched alkanes of at least 4 members (excludes halogenated alkanes) is 2. The largest absolute Gasteiger partial charge is 0.507 e. The van der Waals surface area contributed by atoms with Crippen molar-refractivity contribution in [2.75, 3.05) is 32.8 Å². The Labute approximate surface area is 226 Å². The molecule has 2 aliphatic rings. The lowest BCUT2D eigenvalue weighted by Crippen LogP contribution is -2.38. The molecule has 0 spiro atoms. The number of aliphatic hydroxyl groups excluding tert-OH is 1. The summed E-state index contributed by atoms with van der Waals surface area (Å²) in [6, 6.07) is 12.3. The Morgan fingerprint density at radius 1 is 1.08 bits per heavy atom. The molecular formula is C31H40N2O5. The van der Waals surface area contributed by atoms with E-state index in [2.05, 4.69) is 25.7 Å². The summed E-state index contributed by atoms with van der Waals surface area (Å²) in [6.07, 6.45) is 4.04. The molecule has 0 unspecified atom stereocenters. The highest BCUT2D eigenvalue weighted by molar-refractivity contribution is 6.46. The zero-order chi connectivity index (χ0) is 27.2. The van der Waals surface area contributed by atoms with Gasteiger partial charge in [0.25, 0.3) is 11.7 Å². The molecule has 0 bridgehead atoms. The lowest BCUT2D eigenvalue weighted by Gasteiger charge is -2.28. The molecule has 1 fully saturated rings. The summed E-state index contributed by atoms with van der Waals surface area (Å²) in [7, 11) is 0. The highest BCUT2D eigenvalue weighted by Gasteiger charge is 2.46. The van der Waals surface area contributed by atoms with Crippen molar-refractivity contribution in [3.05, 3.63) is 64.7 Å². The first-order valence-corrected chi connectivity index (χ1v) is 13.9. The van der Waals surface area contributed by atoms with Gasteiger partial charge in [0.1, 0.15) is 23.4 Å². The molecule has 7 heteroatoms. The minimum absolute atomic E-state index is 0.0655. The average molecular weight is 521 g/mol. The van der Waals surface area contributed by atoms with Crippen molar-refractivity contribution in [3.63, 3.8) is 0 Å². The van der Waals surface area contributed by atoms with E-state index in [1.165, 1.54) is 0 Å². The Balaban J connectivity index is 1.69. The molecule has 0 aromatic heterocycles. The number of likely N-dealkylation sites (tertiary alicyclic amines) is 1. The molecule has 0 radical (unpaired) electrons. The number of carbonyl (C=O) groups is 2. The van der Waals surface area contributed by atoms with Crippen LogP contribution >= 0.6 is 0 Å². The Morgan fingerprint density at radius 3 is 2.50 bits per heavy atom. The van der Waals surface area contributed by atoms with Crippen molar-refractivity contribution < 1.29 is 24.2 Å². The van der Waals surface area contributed by atoms with Gasteiger partial charge in [-0.2, -0.15) is 0 Å². The molecule has 1 amide bonds. The monoisotopic (exact) mass is 520 g/mol. The van der Waals surface area contributed by atoms with Crippen molar-refractivity contribution in [2.45, 2.75) is 65.5 Å². The highest BCUT2D eigenvalue weighted by atomic mass is 16.5. The van der Waals surface area contributed by atoms with Gasteiger partial charge in [0, 0.05) is 25.1 Å². The maximum absolute atomic E-state index is 13.4. The number of likely N-dealkylation sites (N-methyl/N-ethyl adjacent to an activating group) is 1. The van der Waals surface area contributed by atoms with E-state index in [1.807, 2.05) is 43.3 Å². The molecule has 2 aromatic carbocycles. The number of Topliss-reactive ketones (excluding diaryl/α,β-unsaturated/α-hetero) is 1. The van der Waals surface area contributed by atoms with E-state index in [1.54, 1.807) is 11.0 Å². The molecule has 2 atom stereocenters. The van der Waals surface area contributed by atoms with Gasteiger partial charge in [0.15, 0.2) is 0 Å². The quantitative estimate of drug-likeness (QED) is 0.176. The first kappa shape index (κ1) is 27.7. The molecule has 7 nitrogen and oxygen atoms in total. The second kappa shape index (κ2) is 12.5. The van der Waals surface area contributed by atoms with E-state index in [0.29, 0.717) is 25.3 Å². The molecule has 2 aromatic rings. The van der Waals surface area contributed by atoms with Crippen LogP contribution in [0.5, 0.6) is 11.5 Å². The highest BCUT2D eigenvalue weighted by Crippen LogP contribution is 2.41. The fraction of sp³-hybridized carbons (Fsp3) is 0.484. The maximum atomic E-state index is 13.4. The van der Waals surface area contributed by atoms with Crippen LogP contribution in [0.3, 0.4) is 0 Å². The molecule has 2 aliphatic heterocycles. The second-order valence-electron chi connectivity index (χ2n) is 10.1. The summed E-state index contributed by atoms with van der Waals surface area (Å²) in [5, 5.41) is 11.5. The number of rotatable bonds is 12. The van der Waals surface area contributed by atoms with Crippen molar-refractivity contribution >= 4 is 17.4 Å². The third kappa shape index (κ3) is 5.88. The lowest BCUT2D eigenvalue weighted by atomic mass is 9.94. The maximum Gasteiger partial charge on any atom is 0.295 e. The van der Waals surface area contributed by atoms with E-state index in [4.69, 9.17) is 9.47 Å².